The van der Waals surface area contributed by atoms with E-state index in [1.165, 1.54) is 0 Å². The minimum Gasteiger partial charge on any atom is -0.279 e. The number of halogens is 1. The number of aryl methyl sites for hydroxylation is 4. The van der Waals surface area contributed by atoms with E-state index < -0.39 is 10.0 Å². The first-order valence-corrected chi connectivity index (χ1v) is 9.56. The van der Waals surface area contributed by atoms with Crippen LogP contribution in [0.3, 0.4) is 0 Å². The SMILES string of the molecule is CCc1cccc(CC)c1NS(=O)(=O)c1cc(C)c(Cl)cc1C. The molecule has 0 atom stereocenters. The molecule has 0 saturated heterocycles. The van der Waals surface area contributed by atoms with E-state index in [0.717, 1.165) is 29.5 Å². The zero-order valence-electron chi connectivity index (χ0n) is 13.9. The first-order valence-electron chi connectivity index (χ1n) is 7.70. The lowest BCUT2D eigenvalue weighted by molar-refractivity contribution is 0.600. The zero-order valence-corrected chi connectivity index (χ0v) is 15.5. The van der Waals surface area contributed by atoms with Crippen LogP contribution in [0.1, 0.15) is 36.1 Å². The van der Waals surface area contributed by atoms with Crippen LogP contribution in [0.25, 0.3) is 0 Å². The predicted molar refractivity (Wildman–Crippen MR) is 96.9 cm³/mol. The molecule has 3 nitrogen and oxygen atoms in total. The van der Waals surface area contributed by atoms with Crippen molar-refractivity contribution in [1.29, 1.82) is 0 Å². The van der Waals surface area contributed by atoms with Gasteiger partial charge >= 0.3 is 0 Å². The van der Waals surface area contributed by atoms with Crippen LogP contribution in [-0.4, -0.2) is 8.42 Å². The van der Waals surface area contributed by atoms with Crippen LogP contribution >= 0.6 is 11.6 Å². The van der Waals surface area contributed by atoms with Gasteiger partial charge in [0.1, 0.15) is 0 Å². The lowest BCUT2D eigenvalue weighted by atomic mass is 10.0. The summed E-state index contributed by atoms with van der Waals surface area (Å²) >= 11 is 6.08. The van der Waals surface area contributed by atoms with Crippen molar-refractivity contribution in [1.82, 2.24) is 0 Å². The van der Waals surface area contributed by atoms with Crippen molar-refractivity contribution in [3.05, 3.63) is 57.6 Å². The summed E-state index contributed by atoms with van der Waals surface area (Å²) < 4.78 is 28.5. The van der Waals surface area contributed by atoms with Gasteiger partial charge in [-0.3, -0.25) is 4.72 Å². The summed E-state index contributed by atoms with van der Waals surface area (Å²) in [4.78, 5) is 0.271. The summed E-state index contributed by atoms with van der Waals surface area (Å²) in [5, 5.41) is 0.574. The Kier molecular flexibility index (Phi) is 5.37. The Morgan fingerprint density at radius 2 is 1.57 bits per heavy atom. The smallest absolute Gasteiger partial charge is 0.262 e. The fourth-order valence-corrected chi connectivity index (χ4v) is 4.28. The number of hydrogen-bond donors (Lipinski definition) is 1. The molecule has 0 aliphatic heterocycles. The average Bonchev–Trinajstić information content (AvgIpc) is 2.50. The number of sulfonamides is 1. The van der Waals surface area contributed by atoms with Crippen LogP contribution in [0.2, 0.25) is 5.02 Å². The van der Waals surface area contributed by atoms with Gasteiger partial charge in [-0.2, -0.15) is 0 Å². The highest BCUT2D eigenvalue weighted by Gasteiger charge is 2.20. The topological polar surface area (TPSA) is 46.2 Å². The van der Waals surface area contributed by atoms with Gasteiger partial charge in [0.05, 0.1) is 10.6 Å². The number of hydrogen-bond acceptors (Lipinski definition) is 2. The molecular weight excluding hydrogens is 330 g/mol. The standard InChI is InChI=1S/C18H22ClNO2S/c1-5-14-8-7-9-15(6-2)18(14)20-23(21,22)17-11-12(3)16(19)10-13(17)4/h7-11,20H,5-6H2,1-4H3. The van der Waals surface area contributed by atoms with E-state index in [2.05, 4.69) is 4.72 Å². The van der Waals surface area contributed by atoms with E-state index in [0.29, 0.717) is 16.3 Å². The van der Waals surface area contributed by atoms with E-state index in [4.69, 9.17) is 11.6 Å². The van der Waals surface area contributed by atoms with E-state index in [1.54, 1.807) is 26.0 Å². The monoisotopic (exact) mass is 351 g/mol. The van der Waals surface area contributed by atoms with Gasteiger partial charge in [-0.05, 0) is 61.1 Å². The summed E-state index contributed by atoms with van der Waals surface area (Å²) in [6.07, 6.45) is 1.54. The Balaban J connectivity index is 2.54. The number of anilines is 1. The molecule has 23 heavy (non-hydrogen) atoms. The molecule has 2 aromatic rings. The maximum Gasteiger partial charge on any atom is 0.262 e. The molecule has 0 saturated carbocycles. The van der Waals surface area contributed by atoms with Crippen LogP contribution in [0, 0.1) is 13.8 Å². The van der Waals surface area contributed by atoms with Gasteiger partial charge in [-0.15, -0.1) is 0 Å². The van der Waals surface area contributed by atoms with Gasteiger partial charge in [0.15, 0.2) is 0 Å². The highest BCUT2D eigenvalue weighted by molar-refractivity contribution is 7.92. The average molecular weight is 352 g/mol. The molecule has 0 amide bonds. The second-order valence-electron chi connectivity index (χ2n) is 5.63. The lowest BCUT2D eigenvalue weighted by Crippen LogP contribution is -2.17. The van der Waals surface area contributed by atoms with Gasteiger partial charge < -0.3 is 0 Å². The molecule has 124 valence electrons. The quantitative estimate of drug-likeness (QED) is 0.834. The molecule has 0 unspecified atom stereocenters. The number of para-hydroxylation sites is 1. The minimum atomic E-state index is -3.66. The normalized spacial score (nSPS) is 11.5. The van der Waals surface area contributed by atoms with Crippen LogP contribution in [-0.2, 0) is 22.9 Å². The molecule has 0 fully saturated rings. The summed E-state index contributed by atoms with van der Waals surface area (Å²) in [7, 11) is -3.66. The molecule has 0 spiro atoms. The summed E-state index contributed by atoms with van der Waals surface area (Å²) in [6.45, 7) is 7.60. The molecule has 0 bridgehead atoms. The van der Waals surface area contributed by atoms with Crippen molar-refractivity contribution < 1.29 is 8.42 Å². The van der Waals surface area contributed by atoms with Crippen molar-refractivity contribution in [3.63, 3.8) is 0 Å². The molecule has 0 aromatic heterocycles. The van der Waals surface area contributed by atoms with E-state index in [-0.39, 0.29) is 4.90 Å². The highest BCUT2D eigenvalue weighted by atomic mass is 35.5. The summed E-state index contributed by atoms with van der Waals surface area (Å²) in [5.74, 6) is 0. The van der Waals surface area contributed by atoms with Crippen molar-refractivity contribution in [2.24, 2.45) is 0 Å². The first-order chi connectivity index (χ1) is 10.8. The largest absolute Gasteiger partial charge is 0.279 e. The maximum atomic E-state index is 12.9. The fourth-order valence-electron chi connectivity index (χ4n) is 2.61. The number of benzene rings is 2. The molecule has 0 radical (unpaired) electrons. The van der Waals surface area contributed by atoms with E-state index in [9.17, 15) is 8.42 Å². The highest BCUT2D eigenvalue weighted by Crippen LogP contribution is 2.29. The third kappa shape index (κ3) is 3.70. The molecule has 1 N–H and O–H groups in total. The molecule has 0 heterocycles. The van der Waals surface area contributed by atoms with Gasteiger partial charge in [0, 0.05) is 5.02 Å². The van der Waals surface area contributed by atoms with Crippen LogP contribution < -0.4 is 4.72 Å². The van der Waals surface area contributed by atoms with Crippen molar-refractivity contribution in [2.75, 3.05) is 4.72 Å². The lowest BCUT2D eigenvalue weighted by Gasteiger charge is -2.17. The molecule has 2 rings (SSSR count). The van der Waals surface area contributed by atoms with Gasteiger partial charge in [0.25, 0.3) is 10.0 Å². The third-order valence-electron chi connectivity index (χ3n) is 3.98. The minimum absolute atomic E-state index is 0.271. The zero-order chi connectivity index (χ0) is 17.2. The number of nitrogens with one attached hydrogen (secondary N) is 1. The Bertz CT molecular complexity index is 807. The molecule has 5 heteroatoms. The Morgan fingerprint density at radius 3 is 2.09 bits per heavy atom. The van der Waals surface area contributed by atoms with Gasteiger partial charge in [-0.25, -0.2) is 8.42 Å². The maximum absolute atomic E-state index is 12.9. The Hall–Kier alpha value is -1.52. The van der Waals surface area contributed by atoms with Crippen molar-refractivity contribution in [3.8, 4) is 0 Å². The third-order valence-corrected chi connectivity index (χ3v) is 5.88. The number of rotatable bonds is 5. The second kappa shape index (κ2) is 6.93. The van der Waals surface area contributed by atoms with E-state index >= 15 is 0 Å². The van der Waals surface area contributed by atoms with Crippen molar-refractivity contribution in [2.45, 2.75) is 45.4 Å². The fraction of sp³-hybridized carbons (Fsp3) is 0.333. The van der Waals surface area contributed by atoms with Crippen LogP contribution in [0.4, 0.5) is 5.69 Å². The Labute approximate surface area is 143 Å². The summed E-state index contributed by atoms with van der Waals surface area (Å²) in [6, 6.07) is 9.19. The molecule has 2 aromatic carbocycles. The van der Waals surface area contributed by atoms with Gasteiger partial charge in [-0.1, -0.05) is 43.6 Å². The van der Waals surface area contributed by atoms with Gasteiger partial charge in [0.2, 0.25) is 0 Å². The van der Waals surface area contributed by atoms with Crippen LogP contribution in [0.5, 0.6) is 0 Å². The van der Waals surface area contributed by atoms with E-state index in [1.807, 2.05) is 32.0 Å². The molecule has 0 aliphatic rings. The molecular formula is C18H22ClNO2S. The van der Waals surface area contributed by atoms with Crippen LogP contribution in [0.15, 0.2) is 35.2 Å². The first kappa shape index (κ1) is 17.8. The summed E-state index contributed by atoms with van der Waals surface area (Å²) in [5.41, 5.74) is 4.08. The molecule has 0 aliphatic carbocycles. The Morgan fingerprint density at radius 1 is 1.00 bits per heavy atom. The second-order valence-corrected chi connectivity index (χ2v) is 7.69. The van der Waals surface area contributed by atoms with Crippen molar-refractivity contribution >= 4 is 27.3 Å². The predicted octanol–water partition coefficient (Wildman–Crippen LogP) is 4.88.